The molecule has 0 atom stereocenters. The van der Waals surface area contributed by atoms with Gasteiger partial charge in [0.25, 0.3) is 0 Å². The van der Waals surface area contributed by atoms with E-state index < -0.39 is 7.82 Å². The van der Waals surface area contributed by atoms with E-state index in [1.54, 1.807) is 0 Å². The average molecular weight is 185 g/mol. The van der Waals surface area contributed by atoms with Gasteiger partial charge in [0, 0.05) is 0 Å². The van der Waals surface area contributed by atoms with Crippen molar-refractivity contribution in [2.24, 2.45) is 0 Å². The summed E-state index contributed by atoms with van der Waals surface area (Å²) in [5.74, 6) is 0. The maximum atomic E-state index is 8.88. The van der Waals surface area contributed by atoms with Gasteiger partial charge < -0.3 is 30.9 Å². The zero-order valence-corrected chi connectivity index (χ0v) is 6.71. The number of phosphoric acid groups is 1. The first kappa shape index (κ1) is 22.5. The summed E-state index contributed by atoms with van der Waals surface area (Å²) < 4.78 is 8.88. The quantitative estimate of drug-likeness (QED) is 0.230. The van der Waals surface area contributed by atoms with Crippen molar-refractivity contribution < 1.29 is 19.2 Å². The van der Waals surface area contributed by atoms with E-state index in [0.717, 1.165) is 0 Å². The molecule has 0 heterocycles. The summed E-state index contributed by atoms with van der Waals surface area (Å²) in [5, 5.41) is 16.5. The summed E-state index contributed by atoms with van der Waals surface area (Å²) in [6.45, 7) is 7.50. The third-order valence-corrected chi connectivity index (χ3v) is 0. The molecule has 0 spiro atoms. The summed E-state index contributed by atoms with van der Waals surface area (Å²) in [7, 11) is -4.64. The van der Waals surface area contributed by atoms with Gasteiger partial charge in [-0.3, -0.25) is 0 Å². The Labute approximate surface area is 64.5 Å². The van der Waals surface area contributed by atoms with Gasteiger partial charge in [-0.1, -0.05) is 0 Å². The normalized spacial score (nSPS) is 6.45. The number of rotatable bonds is 0. The van der Waals surface area contributed by atoms with E-state index in [-0.39, 0.29) is 0 Å². The van der Waals surface area contributed by atoms with Crippen molar-refractivity contribution in [1.29, 1.82) is 16.2 Å². The third kappa shape index (κ3) is 597. The first-order valence-electron chi connectivity index (χ1n) is 1.84. The van der Waals surface area contributed by atoms with Crippen molar-refractivity contribution in [3.05, 3.63) is 0 Å². The SMILES string of the molecule is C=N.C=N.C=N.O=P(O)(O)O. The Balaban J connectivity index is -0.0000000350. The summed E-state index contributed by atoms with van der Waals surface area (Å²) in [4.78, 5) is 21.6. The highest BCUT2D eigenvalue weighted by atomic mass is 31.2. The van der Waals surface area contributed by atoms with Crippen LogP contribution in [0.2, 0.25) is 0 Å². The summed E-state index contributed by atoms with van der Waals surface area (Å²) in [6.07, 6.45) is 0. The van der Waals surface area contributed by atoms with Crippen LogP contribution in [-0.4, -0.2) is 34.8 Å². The van der Waals surface area contributed by atoms with E-state index in [0.29, 0.717) is 0 Å². The van der Waals surface area contributed by atoms with Gasteiger partial charge in [0.1, 0.15) is 0 Å². The highest BCUT2D eigenvalue weighted by Crippen LogP contribution is 2.25. The van der Waals surface area contributed by atoms with Crippen molar-refractivity contribution in [2.75, 3.05) is 0 Å². The molecular weight excluding hydrogens is 173 g/mol. The molecule has 11 heavy (non-hydrogen) atoms. The van der Waals surface area contributed by atoms with Gasteiger partial charge in [-0.15, -0.1) is 0 Å². The molecule has 8 heteroatoms. The van der Waals surface area contributed by atoms with E-state index in [1.807, 2.05) is 0 Å². The zero-order valence-electron chi connectivity index (χ0n) is 5.82. The van der Waals surface area contributed by atoms with Crippen LogP contribution >= 0.6 is 7.82 Å². The molecule has 0 amide bonds. The van der Waals surface area contributed by atoms with Crippen LogP contribution in [0.15, 0.2) is 0 Å². The molecule has 7 nitrogen and oxygen atoms in total. The van der Waals surface area contributed by atoms with Crippen LogP contribution in [0.5, 0.6) is 0 Å². The second kappa shape index (κ2) is 22.9. The van der Waals surface area contributed by atoms with Gasteiger partial charge in [-0.05, 0) is 20.2 Å². The molecular formula is C3H12N3O4P. The molecule has 0 aliphatic carbocycles. The number of nitrogens with one attached hydrogen (secondary N) is 3. The van der Waals surface area contributed by atoms with Crippen molar-refractivity contribution in [3.63, 3.8) is 0 Å². The van der Waals surface area contributed by atoms with Gasteiger partial charge in [0.05, 0.1) is 0 Å². The largest absolute Gasteiger partial charge is 0.466 e. The Hall–Kier alpha value is -0.880. The van der Waals surface area contributed by atoms with Crippen molar-refractivity contribution >= 4 is 28.0 Å². The van der Waals surface area contributed by atoms with Crippen LogP contribution in [0.4, 0.5) is 0 Å². The van der Waals surface area contributed by atoms with Gasteiger partial charge in [0.15, 0.2) is 0 Å². The van der Waals surface area contributed by atoms with Crippen LogP contribution in [-0.2, 0) is 4.57 Å². The molecule has 0 radical (unpaired) electrons. The standard InChI is InChI=1S/3CH3N.H3O4P/c3*1-2;1-5(2,3)4/h3*2H,1H2;(H3,1,2,3,4). The van der Waals surface area contributed by atoms with E-state index in [9.17, 15) is 0 Å². The summed E-state index contributed by atoms with van der Waals surface area (Å²) in [6, 6.07) is 0. The summed E-state index contributed by atoms with van der Waals surface area (Å²) in [5.41, 5.74) is 0. The molecule has 0 saturated carbocycles. The topological polar surface area (TPSA) is 149 Å². The molecule has 0 aromatic heterocycles. The van der Waals surface area contributed by atoms with Gasteiger partial charge >= 0.3 is 7.82 Å². The molecule has 0 aromatic carbocycles. The Morgan fingerprint density at radius 2 is 0.818 bits per heavy atom. The van der Waals surface area contributed by atoms with Crippen LogP contribution in [0, 0.1) is 16.2 Å². The Morgan fingerprint density at radius 3 is 0.818 bits per heavy atom. The molecule has 68 valence electrons. The van der Waals surface area contributed by atoms with Crippen molar-refractivity contribution in [1.82, 2.24) is 0 Å². The first-order chi connectivity index (χ1) is 5.00. The monoisotopic (exact) mass is 185 g/mol. The molecule has 0 aliphatic rings. The molecule has 0 aromatic rings. The smallest absolute Gasteiger partial charge is 0.317 e. The first-order valence-corrected chi connectivity index (χ1v) is 3.41. The maximum Gasteiger partial charge on any atom is 0.466 e. The molecule has 0 aliphatic heterocycles. The lowest BCUT2D eigenvalue weighted by Crippen LogP contribution is -1.66. The van der Waals surface area contributed by atoms with Crippen LogP contribution in [0.1, 0.15) is 0 Å². The fourth-order valence-electron chi connectivity index (χ4n) is 0. The molecule has 0 rings (SSSR count). The number of hydrogen-bond acceptors (Lipinski definition) is 4. The molecule has 0 saturated heterocycles. The Morgan fingerprint density at radius 1 is 0.818 bits per heavy atom. The predicted molar refractivity (Wildman–Crippen MR) is 43.8 cm³/mol. The molecule has 0 fully saturated rings. The van der Waals surface area contributed by atoms with Crippen LogP contribution in [0.25, 0.3) is 0 Å². The van der Waals surface area contributed by atoms with Crippen molar-refractivity contribution in [2.45, 2.75) is 0 Å². The Kier molecular flexibility index (Phi) is 46.9. The minimum absolute atomic E-state index is 2.50. The second-order valence-electron chi connectivity index (χ2n) is 0.513. The lowest BCUT2D eigenvalue weighted by atomic mass is 11.8. The van der Waals surface area contributed by atoms with Crippen molar-refractivity contribution in [3.8, 4) is 0 Å². The fourth-order valence-corrected chi connectivity index (χ4v) is 0. The molecule has 0 unspecified atom stereocenters. The third-order valence-electron chi connectivity index (χ3n) is 0. The van der Waals surface area contributed by atoms with Gasteiger partial charge in [0.2, 0.25) is 0 Å². The highest BCUT2D eigenvalue weighted by Gasteiger charge is 2.00. The van der Waals surface area contributed by atoms with Gasteiger partial charge in [-0.2, -0.15) is 0 Å². The van der Waals surface area contributed by atoms with E-state index in [4.69, 9.17) is 35.5 Å². The zero-order chi connectivity index (χ0) is 10.5. The molecule has 0 bridgehead atoms. The van der Waals surface area contributed by atoms with Gasteiger partial charge in [-0.25, -0.2) is 4.57 Å². The highest BCUT2D eigenvalue weighted by molar-refractivity contribution is 7.45. The lowest BCUT2D eigenvalue weighted by molar-refractivity contribution is 0.275. The van der Waals surface area contributed by atoms with Crippen LogP contribution in [0.3, 0.4) is 0 Å². The summed E-state index contributed by atoms with van der Waals surface area (Å²) >= 11 is 0. The minimum Gasteiger partial charge on any atom is -0.317 e. The number of hydrogen-bond donors (Lipinski definition) is 6. The van der Waals surface area contributed by atoms with E-state index in [2.05, 4.69) is 20.2 Å². The Bertz CT molecular complexity index is 91.7. The molecule has 6 N–H and O–H groups in total. The average Bonchev–Trinajstić information content (AvgIpc) is 1.96. The fraction of sp³-hybridized carbons (Fsp3) is 0. The van der Waals surface area contributed by atoms with E-state index >= 15 is 0 Å². The predicted octanol–water partition coefficient (Wildman–Crippen LogP) is -0.131. The maximum absolute atomic E-state index is 8.88. The lowest BCUT2D eigenvalue weighted by Gasteiger charge is -1.82. The van der Waals surface area contributed by atoms with E-state index in [1.165, 1.54) is 0 Å². The van der Waals surface area contributed by atoms with Crippen LogP contribution < -0.4 is 0 Å². The minimum atomic E-state index is -4.64. The second-order valence-corrected chi connectivity index (χ2v) is 1.54.